The van der Waals surface area contributed by atoms with Gasteiger partial charge in [-0.05, 0) is 82.6 Å². The Hall–Kier alpha value is -7.30. The molecule has 3 heterocycles. The smallest absolute Gasteiger partial charge is 0.180 e. The number of benzene rings is 7. The fourth-order valence-corrected chi connectivity index (χ4v) is 8.35. The highest BCUT2D eigenvalue weighted by Gasteiger charge is 2.20. The van der Waals surface area contributed by atoms with Crippen molar-refractivity contribution >= 4 is 55.1 Å². The van der Waals surface area contributed by atoms with Gasteiger partial charge in [0, 0.05) is 33.0 Å². The molecule has 7 aromatic carbocycles. The molecule has 4 nitrogen and oxygen atoms in total. The Bertz CT molecular complexity index is 3110. The lowest BCUT2D eigenvalue weighted by molar-refractivity contribution is 0.667. The molecule has 1 aliphatic rings. The van der Waals surface area contributed by atoms with Gasteiger partial charge in [0.2, 0.25) is 0 Å². The van der Waals surface area contributed by atoms with Crippen LogP contribution in [0.5, 0.6) is 0 Å². The van der Waals surface area contributed by atoms with Gasteiger partial charge in [-0.2, -0.15) is 0 Å². The van der Waals surface area contributed by atoms with E-state index >= 15 is 0 Å². The Kier molecular flexibility index (Phi) is 7.59. The van der Waals surface area contributed by atoms with Crippen molar-refractivity contribution in [1.29, 1.82) is 0 Å². The molecular formula is C52H35N3O. The van der Waals surface area contributed by atoms with Crippen LogP contribution in [0.4, 0.5) is 0 Å². The van der Waals surface area contributed by atoms with Crippen molar-refractivity contribution < 1.29 is 4.42 Å². The summed E-state index contributed by atoms with van der Waals surface area (Å²) < 4.78 is 9.04. The van der Waals surface area contributed by atoms with Crippen LogP contribution in [0.1, 0.15) is 18.4 Å². The van der Waals surface area contributed by atoms with E-state index < -0.39 is 0 Å². The van der Waals surface area contributed by atoms with Crippen LogP contribution in [0.25, 0.3) is 100 Å². The lowest BCUT2D eigenvalue weighted by Gasteiger charge is -2.18. The Balaban J connectivity index is 1.00. The van der Waals surface area contributed by atoms with Gasteiger partial charge < -0.3 is 8.98 Å². The number of para-hydroxylation sites is 2. The number of fused-ring (bicyclic) bond motifs is 6. The molecule has 0 bridgehead atoms. The molecule has 11 rings (SSSR count). The van der Waals surface area contributed by atoms with Crippen LogP contribution >= 0.6 is 0 Å². The quantitative estimate of drug-likeness (QED) is 0.172. The monoisotopic (exact) mass is 717 g/mol. The molecular weight excluding hydrogens is 683 g/mol. The number of nitrogens with zero attached hydrogens (tertiary/aromatic N) is 3. The Morgan fingerprint density at radius 1 is 0.464 bits per heavy atom. The molecule has 0 unspecified atom stereocenters. The lowest BCUT2D eigenvalue weighted by atomic mass is 9.93. The van der Waals surface area contributed by atoms with Crippen LogP contribution in [0.3, 0.4) is 0 Å². The first-order valence-electron chi connectivity index (χ1n) is 19.2. The first-order chi connectivity index (χ1) is 27.7. The summed E-state index contributed by atoms with van der Waals surface area (Å²) in [5.74, 6) is 0.673. The van der Waals surface area contributed by atoms with E-state index in [0.29, 0.717) is 11.4 Å². The molecule has 1 aliphatic carbocycles. The van der Waals surface area contributed by atoms with Crippen molar-refractivity contribution in [3.63, 3.8) is 0 Å². The molecule has 3 aromatic heterocycles. The van der Waals surface area contributed by atoms with Crippen molar-refractivity contribution in [3.05, 3.63) is 194 Å². The molecule has 56 heavy (non-hydrogen) atoms. The number of aromatic nitrogens is 3. The predicted octanol–water partition coefficient (Wildman–Crippen LogP) is 13.9. The summed E-state index contributed by atoms with van der Waals surface area (Å²) in [6.45, 7) is 0. The van der Waals surface area contributed by atoms with Crippen molar-refractivity contribution in [2.24, 2.45) is 0 Å². The van der Waals surface area contributed by atoms with Crippen LogP contribution < -0.4 is 0 Å². The molecule has 0 fully saturated rings. The van der Waals surface area contributed by atoms with Gasteiger partial charge >= 0.3 is 0 Å². The third kappa shape index (κ3) is 5.46. The first-order valence-corrected chi connectivity index (χ1v) is 19.2. The summed E-state index contributed by atoms with van der Waals surface area (Å²) >= 11 is 0. The van der Waals surface area contributed by atoms with Crippen LogP contribution in [0.2, 0.25) is 0 Å². The molecule has 264 valence electrons. The zero-order valence-electron chi connectivity index (χ0n) is 30.6. The minimum absolute atomic E-state index is 0.673. The van der Waals surface area contributed by atoms with Gasteiger partial charge in [-0.3, -0.25) is 0 Å². The van der Waals surface area contributed by atoms with Gasteiger partial charge in [0.15, 0.2) is 11.4 Å². The van der Waals surface area contributed by atoms with Crippen LogP contribution in [-0.2, 0) is 0 Å². The molecule has 0 N–H and O–H groups in total. The maximum atomic E-state index is 6.62. The van der Waals surface area contributed by atoms with Gasteiger partial charge in [-0.1, -0.05) is 152 Å². The van der Waals surface area contributed by atoms with Crippen molar-refractivity contribution in [1.82, 2.24) is 14.5 Å². The van der Waals surface area contributed by atoms with Gasteiger partial charge in [-0.25, -0.2) is 9.97 Å². The van der Waals surface area contributed by atoms with Gasteiger partial charge in [0.05, 0.1) is 11.0 Å². The first kappa shape index (κ1) is 32.2. The summed E-state index contributed by atoms with van der Waals surface area (Å²) in [5, 5.41) is 3.53. The topological polar surface area (TPSA) is 43.9 Å². The van der Waals surface area contributed by atoms with Gasteiger partial charge in [0.1, 0.15) is 16.8 Å². The summed E-state index contributed by atoms with van der Waals surface area (Å²) in [5.41, 5.74) is 15.9. The second-order valence-electron chi connectivity index (χ2n) is 14.5. The minimum atomic E-state index is 0.673. The maximum absolute atomic E-state index is 6.62. The largest absolute Gasteiger partial charge is 0.452 e. The molecule has 0 saturated heterocycles. The fourth-order valence-electron chi connectivity index (χ4n) is 8.35. The average Bonchev–Trinajstić information content (AvgIpc) is 3.82. The van der Waals surface area contributed by atoms with Crippen LogP contribution in [-0.4, -0.2) is 14.5 Å². The lowest BCUT2D eigenvalue weighted by Crippen LogP contribution is -2.00. The standard InChI is InChI=1S/C52H35N3O/c1-3-13-34(14-4-1)35-25-27-36(28-26-35)49-51-50(54-52(53-49)37-15-5-2-6-16-37)45-33-41(29-30-48(45)56-51)39-18-11-17-38(31-39)40-19-12-20-42(32-40)55-46-23-9-7-21-43(46)44-22-8-10-24-47(44)55/h1-11,13-18,20-33H,12,19H2. The third-order valence-corrected chi connectivity index (χ3v) is 11.1. The molecule has 4 heteroatoms. The zero-order valence-corrected chi connectivity index (χ0v) is 30.6. The molecule has 0 spiro atoms. The van der Waals surface area contributed by atoms with E-state index in [-0.39, 0.29) is 0 Å². The predicted molar refractivity (Wildman–Crippen MR) is 232 cm³/mol. The molecule has 0 amide bonds. The summed E-state index contributed by atoms with van der Waals surface area (Å²) in [6.07, 6.45) is 6.73. The summed E-state index contributed by atoms with van der Waals surface area (Å²) in [7, 11) is 0. The van der Waals surface area contributed by atoms with Crippen LogP contribution in [0.15, 0.2) is 192 Å². The molecule has 10 aromatic rings. The van der Waals surface area contributed by atoms with Gasteiger partial charge in [-0.15, -0.1) is 0 Å². The van der Waals surface area contributed by atoms with E-state index in [0.717, 1.165) is 62.8 Å². The average molecular weight is 718 g/mol. The highest BCUT2D eigenvalue weighted by Crippen LogP contribution is 2.40. The normalized spacial score (nSPS) is 13.1. The number of allylic oxidation sites excluding steroid dienone is 4. The number of hydrogen-bond donors (Lipinski definition) is 0. The van der Waals surface area contributed by atoms with E-state index in [2.05, 4.69) is 168 Å². The SMILES string of the molecule is C1=C(c2cccc(-c3ccc4oc5c(-c6ccc(-c7ccccc7)cc6)nc(-c6ccccc6)nc5c4c3)c2)CCC=C1n1c2ccccc2c2ccccc21. The molecule has 0 saturated carbocycles. The Morgan fingerprint density at radius 3 is 1.80 bits per heavy atom. The summed E-state index contributed by atoms with van der Waals surface area (Å²) in [4.78, 5) is 10.3. The number of furan rings is 1. The second kappa shape index (κ2) is 13.2. The van der Waals surface area contributed by atoms with Crippen molar-refractivity contribution in [3.8, 4) is 44.9 Å². The third-order valence-electron chi connectivity index (χ3n) is 11.1. The maximum Gasteiger partial charge on any atom is 0.180 e. The second-order valence-corrected chi connectivity index (χ2v) is 14.5. The fraction of sp³-hybridized carbons (Fsp3) is 0.0385. The van der Waals surface area contributed by atoms with E-state index in [9.17, 15) is 0 Å². The minimum Gasteiger partial charge on any atom is -0.452 e. The zero-order chi connectivity index (χ0) is 37.0. The highest BCUT2D eigenvalue weighted by molar-refractivity contribution is 6.11. The van der Waals surface area contributed by atoms with Gasteiger partial charge in [0.25, 0.3) is 0 Å². The Labute approximate surface area is 324 Å². The van der Waals surface area contributed by atoms with E-state index in [1.165, 1.54) is 44.2 Å². The van der Waals surface area contributed by atoms with E-state index in [4.69, 9.17) is 14.4 Å². The van der Waals surface area contributed by atoms with Crippen molar-refractivity contribution in [2.75, 3.05) is 0 Å². The van der Waals surface area contributed by atoms with Crippen LogP contribution in [0, 0.1) is 0 Å². The molecule has 0 atom stereocenters. The van der Waals surface area contributed by atoms with E-state index in [1.54, 1.807) is 0 Å². The summed E-state index contributed by atoms with van der Waals surface area (Å²) in [6, 6.07) is 62.0. The molecule has 0 aliphatic heterocycles. The number of hydrogen-bond acceptors (Lipinski definition) is 3. The Morgan fingerprint density at radius 2 is 1.05 bits per heavy atom. The molecule has 0 radical (unpaired) electrons. The van der Waals surface area contributed by atoms with E-state index in [1.807, 2.05) is 24.3 Å². The number of rotatable bonds is 6. The highest BCUT2D eigenvalue weighted by atomic mass is 16.3. The van der Waals surface area contributed by atoms with Crippen molar-refractivity contribution in [2.45, 2.75) is 12.8 Å².